The summed E-state index contributed by atoms with van der Waals surface area (Å²) >= 11 is 1.80. The lowest BCUT2D eigenvalue weighted by atomic mass is 9.53. The lowest BCUT2D eigenvalue weighted by Gasteiger charge is -2.60. The van der Waals surface area contributed by atoms with E-state index in [1.54, 1.807) is 30.1 Å². The maximum absolute atomic E-state index is 11.1. The number of non-ortho nitro benzene ring substituents is 1. The van der Waals surface area contributed by atoms with Gasteiger partial charge in [0.2, 0.25) is 0 Å². The number of rotatable bonds is 2. The molecule has 1 aliphatic heterocycles. The minimum Gasteiger partial charge on any atom is -0.316 e. The molecule has 7 rings (SSSR count). The molecular weight excluding hydrogens is 348 g/mol. The lowest BCUT2D eigenvalue weighted by Crippen LogP contribution is -2.59. The number of hydrogen-bond acceptors (Lipinski definition) is 5. The van der Waals surface area contributed by atoms with Gasteiger partial charge in [-0.05, 0) is 74.3 Å². The van der Waals surface area contributed by atoms with Crippen LogP contribution in [-0.4, -0.2) is 30.9 Å². The summed E-state index contributed by atoms with van der Waals surface area (Å²) in [6, 6.07) is 5.02. The molecule has 4 bridgehead atoms. The molecular formula is C19H22N4O2S. The highest BCUT2D eigenvalue weighted by Gasteiger charge is 2.54. The highest BCUT2D eigenvalue weighted by molar-refractivity contribution is 7.97. The molecule has 4 aliphatic carbocycles. The van der Waals surface area contributed by atoms with Crippen molar-refractivity contribution in [2.75, 3.05) is 6.54 Å². The van der Waals surface area contributed by atoms with Crippen molar-refractivity contribution in [3.8, 4) is 0 Å². The van der Waals surface area contributed by atoms with E-state index in [4.69, 9.17) is 4.98 Å². The highest BCUT2D eigenvalue weighted by Crippen LogP contribution is 2.59. The molecule has 2 heterocycles. The van der Waals surface area contributed by atoms with Crippen LogP contribution in [0.15, 0.2) is 23.4 Å². The fourth-order valence-electron chi connectivity index (χ4n) is 6.53. The van der Waals surface area contributed by atoms with E-state index in [0.29, 0.717) is 5.54 Å². The Balaban J connectivity index is 1.35. The molecule has 0 N–H and O–H groups in total. The molecule has 0 spiro atoms. The van der Waals surface area contributed by atoms with E-state index in [-0.39, 0.29) is 10.6 Å². The molecule has 0 amide bonds. The van der Waals surface area contributed by atoms with E-state index in [0.717, 1.165) is 47.0 Å². The molecule has 6 nitrogen and oxygen atoms in total. The second-order valence-corrected chi connectivity index (χ2v) is 9.80. The van der Waals surface area contributed by atoms with E-state index >= 15 is 0 Å². The van der Waals surface area contributed by atoms with Gasteiger partial charge in [-0.15, -0.1) is 0 Å². The number of imidazole rings is 1. The first kappa shape index (κ1) is 15.5. The number of aromatic nitrogens is 2. The summed E-state index contributed by atoms with van der Waals surface area (Å²) < 4.78 is 4.82. The summed E-state index contributed by atoms with van der Waals surface area (Å²) in [6.45, 7) is 1.89. The molecule has 1 aromatic carbocycles. The maximum atomic E-state index is 11.1. The number of fused-ring (bicyclic) bond motifs is 3. The van der Waals surface area contributed by atoms with Gasteiger partial charge in [0.15, 0.2) is 5.16 Å². The van der Waals surface area contributed by atoms with Crippen molar-refractivity contribution in [2.45, 2.75) is 55.8 Å². The van der Waals surface area contributed by atoms with Crippen LogP contribution >= 0.6 is 11.9 Å². The Hall–Kier alpha value is -1.60. The van der Waals surface area contributed by atoms with E-state index in [2.05, 4.69) is 8.87 Å². The van der Waals surface area contributed by atoms with Crippen molar-refractivity contribution < 1.29 is 4.92 Å². The van der Waals surface area contributed by atoms with Gasteiger partial charge in [-0.2, -0.15) is 0 Å². The fraction of sp³-hybridized carbons (Fsp3) is 0.632. The molecule has 0 unspecified atom stereocenters. The first-order valence-electron chi connectivity index (χ1n) is 9.70. The molecule has 1 aromatic heterocycles. The summed E-state index contributed by atoms with van der Waals surface area (Å²) in [6.07, 6.45) is 8.45. The first-order valence-corrected chi connectivity index (χ1v) is 10.5. The normalized spacial score (nSPS) is 35.8. The third-order valence-electron chi connectivity index (χ3n) is 7.16. The Kier molecular flexibility index (Phi) is 3.11. The van der Waals surface area contributed by atoms with E-state index < -0.39 is 0 Å². The van der Waals surface area contributed by atoms with Crippen LogP contribution < -0.4 is 0 Å². The van der Waals surface area contributed by atoms with E-state index in [1.807, 2.05) is 0 Å². The van der Waals surface area contributed by atoms with Gasteiger partial charge in [0.1, 0.15) is 0 Å². The van der Waals surface area contributed by atoms with Crippen molar-refractivity contribution in [3.05, 3.63) is 28.3 Å². The Morgan fingerprint density at radius 2 is 1.81 bits per heavy atom. The average Bonchev–Trinajstić information content (AvgIpc) is 2.97. The molecule has 4 fully saturated rings. The second-order valence-electron chi connectivity index (χ2n) is 8.81. The van der Waals surface area contributed by atoms with Crippen LogP contribution in [0.5, 0.6) is 0 Å². The smallest absolute Gasteiger partial charge is 0.271 e. The van der Waals surface area contributed by atoms with Crippen LogP contribution in [0.2, 0.25) is 0 Å². The molecule has 5 aliphatic rings. The monoisotopic (exact) mass is 370 g/mol. The summed E-state index contributed by atoms with van der Waals surface area (Å²) in [4.78, 5) is 15.6. The maximum Gasteiger partial charge on any atom is 0.271 e. The van der Waals surface area contributed by atoms with Crippen LogP contribution in [0.1, 0.15) is 38.5 Å². The summed E-state index contributed by atoms with van der Waals surface area (Å²) in [5.41, 5.74) is 2.28. The van der Waals surface area contributed by atoms with Gasteiger partial charge in [0, 0.05) is 30.8 Å². The van der Waals surface area contributed by atoms with Crippen molar-refractivity contribution in [3.63, 3.8) is 0 Å². The first-order chi connectivity index (χ1) is 12.6. The van der Waals surface area contributed by atoms with Crippen LogP contribution in [0.3, 0.4) is 0 Å². The molecule has 7 heteroatoms. The zero-order valence-corrected chi connectivity index (χ0v) is 15.5. The lowest BCUT2D eigenvalue weighted by molar-refractivity contribution is -0.384. The predicted molar refractivity (Wildman–Crippen MR) is 99.9 cm³/mol. The fourth-order valence-corrected chi connectivity index (χ4v) is 7.74. The SMILES string of the molecule is O=[N+]([O-])c1ccc2nc3n(c2c1)CCN(C12CC4CC(CC(C4)C1)C2)S3. The average molecular weight is 370 g/mol. The molecule has 0 atom stereocenters. The molecule has 26 heavy (non-hydrogen) atoms. The number of benzene rings is 1. The summed E-state index contributed by atoms with van der Waals surface area (Å²) in [7, 11) is 0. The zero-order valence-electron chi connectivity index (χ0n) is 14.6. The number of hydrogen-bond donors (Lipinski definition) is 0. The van der Waals surface area contributed by atoms with Gasteiger partial charge in [0.05, 0.1) is 16.0 Å². The zero-order chi connectivity index (χ0) is 17.5. The van der Waals surface area contributed by atoms with E-state index in [1.165, 1.54) is 38.5 Å². The molecule has 0 radical (unpaired) electrons. The molecule has 136 valence electrons. The van der Waals surface area contributed by atoms with Gasteiger partial charge < -0.3 is 4.57 Å². The summed E-state index contributed by atoms with van der Waals surface area (Å²) in [5, 5.41) is 12.1. The Morgan fingerprint density at radius 1 is 1.12 bits per heavy atom. The Bertz CT molecular complexity index is 888. The van der Waals surface area contributed by atoms with Crippen molar-refractivity contribution >= 4 is 28.7 Å². The van der Waals surface area contributed by atoms with Gasteiger partial charge in [-0.3, -0.25) is 10.1 Å². The molecule has 2 aromatic rings. The van der Waals surface area contributed by atoms with Crippen molar-refractivity contribution in [1.82, 2.24) is 13.9 Å². The van der Waals surface area contributed by atoms with Gasteiger partial charge in [0.25, 0.3) is 5.69 Å². The topological polar surface area (TPSA) is 64.2 Å². The van der Waals surface area contributed by atoms with E-state index in [9.17, 15) is 10.1 Å². The second kappa shape index (κ2) is 5.23. The highest BCUT2D eigenvalue weighted by atomic mass is 32.2. The molecule has 4 saturated carbocycles. The number of nitrogens with zero attached hydrogens (tertiary/aromatic N) is 4. The number of nitro benzene ring substituents is 1. The quantitative estimate of drug-likeness (QED) is 0.449. The van der Waals surface area contributed by atoms with Gasteiger partial charge >= 0.3 is 0 Å². The largest absolute Gasteiger partial charge is 0.316 e. The van der Waals surface area contributed by atoms with Crippen molar-refractivity contribution in [2.24, 2.45) is 17.8 Å². The predicted octanol–water partition coefficient (Wildman–Crippen LogP) is 4.24. The summed E-state index contributed by atoms with van der Waals surface area (Å²) in [5.74, 6) is 2.81. The third kappa shape index (κ3) is 2.13. The Morgan fingerprint density at radius 3 is 2.46 bits per heavy atom. The minimum atomic E-state index is -0.322. The van der Waals surface area contributed by atoms with Crippen LogP contribution in [0.25, 0.3) is 11.0 Å². The van der Waals surface area contributed by atoms with Gasteiger partial charge in [-0.25, -0.2) is 9.29 Å². The van der Waals surface area contributed by atoms with Crippen LogP contribution in [0.4, 0.5) is 5.69 Å². The standard InChI is InChI=1S/C19H22N4O2S/c24-23(25)15-1-2-16-17(8-15)21-3-4-22(26-18(21)20-16)19-9-12-5-13(10-19)7-14(6-12)11-19/h1-2,8,12-14H,3-7,9-11H2. The third-order valence-corrected chi connectivity index (χ3v) is 8.43. The Labute approximate surface area is 156 Å². The van der Waals surface area contributed by atoms with Crippen molar-refractivity contribution in [1.29, 1.82) is 0 Å². The minimum absolute atomic E-state index is 0.147. The molecule has 0 saturated heterocycles. The van der Waals surface area contributed by atoms with Crippen LogP contribution in [-0.2, 0) is 6.54 Å². The van der Waals surface area contributed by atoms with Crippen LogP contribution in [0, 0.1) is 27.9 Å². The van der Waals surface area contributed by atoms with Gasteiger partial charge in [-0.1, -0.05) is 0 Å². The number of nitro groups is 1.